The fourth-order valence-electron chi connectivity index (χ4n) is 11.1. The zero-order chi connectivity index (χ0) is 53.2. The Morgan fingerprint density at radius 2 is 0.588 bits per heavy atom. The van der Waals surface area contributed by atoms with Crippen molar-refractivity contribution in [3.8, 4) is 95.5 Å². The predicted octanol–water partition coefficient (Wildman–Crippen LogP) is 19.8. The van der Waals surface area contributed by atoms with E-state index in [0.29, 0.717) is 17.5 Å². The molecule has 0 N–H and O–H groups in total. The Balaban J connectivity index is 0.997. The number of hydrogen-bond donors (Lipinski definition) is 0. The molecule has 0 atom stereocenters. The average Bonchev–Trinajstić information content (AvgIpc) is 3.94. The van der Waals surface area contributed by atoms with Crippen LogP contribution in [0.15, 0.2) is 309 Å². The quantitative estimate of drug-likeness (QED) is 0.122. The Morgan fingerprint density at radius 3 is 1.04 bits per heavy atom. The van der Waals surface area contributed by atoms with Crippen LogP contribution in [0.4, 0.5) is 17.1 Å². The van der Waals surface area contributed by atoms with Crippen LogP contribution in [0.3, 0.4) is 0 Å². The van der Waals surface area contributed by atoms with E-state index in [1.165, 1.54) is 21.8 Å². The van der Waals surface area contributed by atoms with Gasteiger partial charge in [-0.3, -0.25) is 0 Å². The lowest BCUT2D eigenvalue weighted by molar-refractivity contribution is 1.07. The Kier molecular flexibility index (Phi) is 12.5. The second-order valence-electron chi connectivity index (χ2n) is 20.0. The summed E-state index contributed by atoms with van der Waals surface area (Å²) in [4.78, 5) is 18.5. The van der Waals surface area contributed by atoms with Gasteiger partial charge in [0.15, 0.2) is 17.5 Å². The highest BCUT2D eigenvalue weighted by molar-refractivity contribution is 6.09. The first kappa shape index (κ1) is 47.7. The molecule has 0 aliphatic rings. The van der Waals surface area contributed by atoms with Gasteiger partial charge in [0.1, 0.15) is 0 Å². The van der Waals surface area contributed by atoms with E-state index in [1.807, 2.05) is 12.1 Å². The molecule has 14 aromatic rings. The molecule has 12 aromatic carbocycles. The summed E-state index contributed by atoms with van der Waals surface area (Å²) in [6.07, 6.45) is 0. The first-order valence-corrected chi connectivity index (χ1v) is 27.1. The molecule has 0 bridgehead atoms. The zero-order valence-electron chi connectivity index (χ0n) is 43.7. The second kappa shape index (κ2) is 21.0. The molecule has 2 aromatic heterocycles. The summed E-state index contributed by atoms with van der Waals surface area (Å²) in [7, 11) is 0. The third kappa shape index (κ3) is 9.19. The normalized spacial score (nSPS) is 11.2. The standard InChI is InChI=1S/C75H51N5/c1-6-21-52(22-7-1)55-37-41-59(42-38-55)73-76-74(60-43-39-56(40-44-60)53-23-8-2-9-24-53)78-75(77-73)62-50-68(57-27-12-4-13-28-57)72(69(51-62)58-29-14-5-15-30-58)79(65-32-20-31-61(49-65)54-25-10-3-11-26-54)63-45-47-64(48-46-63)80-70-35-18-16-33-66(70)67-34-17-19-36-71(67)80/h1-51H. The maximum absolute atomic E-state index is 5.41. The molecule has 80 heavy (non-hydrogen) atoms. The highest BCUT2D eigenvalue weighted by Gasteiger charge is 2.26. The van der Waals surface area contributed by atoms with Crippen LogP contribution < -0.4 is 4.90 Å². The molecule has 0 radical (unpaired) electrons. The van der Waals surface area contributed by atoms with E-state index in [-0.39, 0.29) is 0 Å². The molecule has 0 amide bonds. The van der Waals surface area contributed by atoms with Crippen molar-refractivity contribution in [2.24, 2.45) is 0 Å². The predicted molar refractivity (Wildman–Crippen MR) is 332 cm³/mol. The lowest BCUT2D eigenvalue weighted by atomic mass is 9.91. The Labute approximate surface area is 465 Å². The molecule has 0 unspecified atom stereocenters. The SMILES string of the molecule is c1ccc(-c2ccc(-c3nc(-c4ccc(-c5ccccc5)cc4)nc(-c4cc(-c5ccccc5)c(N(c5ccc(-n6c7ccccc7c7ccccc76)cc5)c5cccc(-c6ccccc6)c5)c(-c5ccccc5)c4)n3)cc2)cc1. The smallest absolute Gasteiger partial charge is 0.164 e. The van der Waals surface area contributed by atoms with Crippen molar-refractivity contribution in [2.75, 3.05) is 4.90 Å². The van der Waals surface area contributed by atoms with E-state index >= 15 is 0 Å². The lowest BCUT2D eigenvalue weighted by Crippen LogP contribution is -2.13. The Morgan fingerprint density at radius 1 is 0.237 bits per heavy atom. The van der Waals surface area contributed by atoms with Crippen LogP contribution in [0.5, 0.6) is 0 Å². The van der Waals surface area contributed by atoms with Gasteiger partial charge in [0.2, 0.25) is 0 Å². The maximum Gasteiger partial charge on any atom is 0.164 e. The summed E-state index contributed by atoms with van der Waals surface area (Å²) < 4.78 is 2.38. The van der Waals surface area contributed by atoms with E-state index in [1.54, 1.807) is 0 Å². The number of benzene rings is 12. The van der Waals surface area contributed by atoms with Gasteiger partial charge in [-0.1, -0.05) is 249 Å². The number of rotatable bonds is 12. The van der Waals surface area contributed by atoms with Gasteiger partial charge in [0.05, 0.1) is 16.7 Å². The van der Waals surface area contributed by atoms with Gasteiger partial charge < -0.3 is 9.47 Å². The molecule has 5 nitrogen and oxygen atoms in total. The molecule has 0 spiro atoms. The topological polar surface area (TPSA) is 46.8 Å². The van der Waals surface area contributed by atoms with Crippen LogP contribution in [0.25, 0.3) is 117 Å². The highest BCUT2D eigenvalue weighted by atomic mass is 15.1. The van der Waals surface area contributed by atoms with Crippen molar-refractivity contribution < 1.29 is 0 Å². The van der Waals surface area contributed by atoms with E-state index in [9.17, 15) is 0 Å². The van der Waals surface area contributed by atoms with Crippen LogP contribution in [0, 0.1) is 0 Å². The van der Waals surface area contributed by atoms with Crippen molar-refractivity contribution in [1.29, 1.82) is 0 Å². The van der Waals surface area contributed by atoms with Crippen LogP contribution in [0.2, 0.25) is 0 Å². The summed E-state index contributed by atoms with van der Waals surface area (Å²) in [5, 5.41) is 2.46. The molecule has 14 rings (SSSR count). The summed E-state index contributed by atoms with van der Waals surface area (Å²) >= 11 is 0. The van der Waals surface area contributed by atoms with Crippen molar-refractivity contribution in [3.63, 3.8) is 0 Å². The first-order chi connectivity index (χ1) is 39.7. The molecule has 0 saturated carbocycles. The molecule has 0 aliphatic carbocycles. The van der Waals surface area contributed by atoms with Crippen molar-refractivity contribution in [1.82, 2.24) is 19.5 Å². The maximum atomic E-state index is 5.41. The van der Waals surface area contributed by atoms with E-state index in [4.69, 9.17) is 15.0 Å². The Hall–Kier alpha value is -10.8. The molecule has 0 saturated heterocycles. The van der Waals surface area contributed by atoms with Gasteiger partial charge in [0.25, 0.3) is 0 Å². The molecule has 2 heterocycles. The van der Waals surface area contributed by atoms with Crippen LogP contribution in [-0.2, 0) is 0 Å². The van der Waals surface area contributed by atoms with Crippen molar-refractivity contribution >= 4 is 38.9 Å². The Bertz CT molecular complexity index is 4250. The molecular formula is C75H51N5. The molecule has 0 fully saturated rings. The minimum absolute atomic E-state index is 0.568. The monoisotopic (exact) mass is 1020 g/mol. The number of fused-ring (bicyclic) bond motifs is 3. The van der Waals surface area contributed by atoms with Crippen molar-refractivity contribution in [3.05, 3.63) is 309 Å². The number of anilines is 3. The van der Waals surface area contributed by atoms with Crippen LogP contribution in [0.1, 0.15) is 0 Å². The average molecular weight is 1020 g/mol. The second-order valence-corrected chi connectivity index (χ2v) is 20.0. The van der Waals surface area contributed by atoms with E-state index in [0.717, 1.165) is 95.1 Å². The van der Waals surface area contributed by atoms with Gasteiger partial charge in [0, 0.05) is 55.7 Å². The van der Waals surface area contributed by atoms with Gasteiger partial charge in [-0.15, -0.1) is 0 Å². The van der Waals surface area contributed by atoms with Gasteiger partial charge in [-0.05, 0) is 105 Å². The first-order valence-electron chi connectivity index (χ1n) is 27.1. The fraction of sp³-hybridized carbons (Fsp3) is 0. The van der Waals surface area contributed by atoms with Crippen LogP contribution in [-0.4, -0.2) is 19.5 Å². The summed E-state index contributed by atoms with van der Waals surface area (Å²) in [6.45, 7) is 0. The van der Waals surface area contributed by atoms with Gasteiger partial charge >= 0.3 is 0 Å². The molecule has 376 valence electrons. The molecular weight excluding hydrogens is 971 g/mol. The number of para-hydroxylation sites is 2. The number of aromatic nitrogens is 4. The number of hydrogen-bond acceptors (Lipinski definition) is 4. The van der Waals surface area contributed by atoms with Crippen molar-refractivity contribution in [2.45, 2.75) is 0 Å². The zero-order valence-corrected chi connectivity index (χ0v) is 43.7. The van der Waals surface area contributed by atoms with E-state index < -0.39 is 0 Å². The summed E-state index contributed by atoms with van der Waals surface area (Å²) in [5.74, 6) is 1.75. The fourth-order valence-corrected chi connectivity index (χ4v) is 11.1. The largest absolute Gasteiger partial charge is 0.309 e. The molecule has 5 heteroatoms. The third-order valence-corrected chi connectivity index (χ3v) is 15.1. The highest BCUT2D eigenvalue weighted by Crippen LogP contribution is 2.49. The summed E-state index contributed by atoms with van der Waals surface area (Å²) in [5.41, 5.74) is 20.0. The lowest BCUT2D eigenvalue weighted by Gasteiger charge is -2.31. The van der Waals surface area contributed by atoms with Gasteiger partial charge in [-0.25, -0.2) is 15.0 Å². The minimum atomic E-state index is 0.568. The van der Waals surface area contributed by atoms with Gasteiger partial charge in [-0.2, -0.15) is 0 Å². The van der Waals surface area contributed by atoms with Crippen LogP contribution >= 0.6 is 0 Å². The minimum Gasteiger partial charge on any atom is -0.309 e. The number of nitrogens with zero attached hydrogens (tertiary/aromatic N) is 5. The third-order valence-electron chi connectivity index (χ3n) is 15.1. The van der Waals surface area contributed by atoms with E-state index in [2.05, 4.69) is 307 Å². The molecule has 0 aliphatic heterocycles. The summed E-state index contributed by atoms with van der Waals surface area (Å²) in [6, 6.07) is 110.